The molecule has 12 heavy (non-hydrogen) atoms. The number of rotatable bonds is 3. The van der Waals surface area contributed by atoms with Gasteiger partial charge in [-0.3, -0.25) is 0 Å². The molecule has 0 spiro atoms. The lowest BCUT2D eigenvalue weighted by molar-refractivity contribution is 0.431. The number of aliphatic hydroxyl groups is 1. The summed E-state index contributed by atoms with van der Waals surface area (Å²) in [7, 11) is 0. The highest BCUT2D eigenvalue weighted by Crippen LogP contribution is 2.03. The SMILES string of the molecule is C\C=C/C(=C/C(O)=C\C)C(C)=N. The molecule has 0 aromatic heterocycles. The summed E-state index contributed by atoms with van der Waals surface area (Å²) in [4.78, 5) is 0. The molecule has 2 heteroatoms. The number of nitrogens with one attached hydrogen (secondary N) is 1. The Bertz CT molecular complexity index is 247. The van der Waals surface area contributed by atoms with Gasteiger partial charge in [-0.25, -0.2) is 0 Å². The first kappa shape index (κ1) is 10.7. The zero-order chi connectivity index (χ0) is 9.56. The molecule has 0 saturated heterocycles. The number of hydrogen-bond donors (Lipinski definition) is 2. The third-order valence-corrected chi connectivity index (χ3v) is 1.38. The Hall–Kier alpha value is -1.31. The van der Waals surface area contributed by atoms with E-state index >= 15 is 0 Å². The number of allylic oxidation sites excluding steroid dienone is 5. The van der Waals surface area contributed by atoms with Crippen molar-refractivity contribution in [2.45, 2.75) is 20.8 Å². The molecule has 0 radical (unpaired) electrons. The smallest absolute Gasteiger partial charge is 0.111 e. The van der Waals surface area contributed by atoms with Gasteiger partial charge in [0.15, 0.2) is 0 Å². The van der Waals surface area contributed by atoms with Gasteiger partial charge in [-0.05, 0) is 38.5 Å². The second-order valence-corrected chi connectivity index (χ2v) is 2.44. The van der Waals surface area contributed by atoms with E-state index in [1.54, 1.807) is 32.1 Å². The number of aliphatic hydroxyl groups excluding tert-OH is 1. The van der Waals surface area contributed by atoms with Crippen molar-refractivity contribution in [3.05, 3.63) is 35.6 Å². The Labute approximate surface area is 73.4 Å². The van der Waals surface area contributed by atoms with E-state index in [4.69, 9.17) is 10.5 Å². The topological polar surface area (TPSA) is 44.1 Å². The van der Waals surface area contributed by atoms with E-state index < -0.39 is 0 Å². The maximum Gasteiger partial charge on any atom is 0.111 e. The van der Waals surface area contributed by atoms with Gasteiger partial charge >= 0.3 is 0 Å². The predicted octanol–water partition coefficient (Wildman–Crippen LogP) is 2.99. The molecule has 0 aromatic carbocycles. The van der Waals surface area contributed by atoms with Crippen molar-refractivity contribution in [3.63, 3.8) is 0 Å². The first-order valence-electron chi connectivity index (χ1n) is 3.87. The Morgan fingerprint density at radius 2 is 1.92 bits per heavy atom. The molecule has 2 nitrogen and oxygen atoms in total. The largest absolute Gasteiger partial charge is 0.508 e. The summed E-state index contributed by atoms with van der Waals surface area (Å²) < 4.78 is 0. The maximum atomic E-state index is 9.16. The standard InChI is InChI=1S/C10H15NO/c1-4-6-9(8(3)11)7-10(12)5-2/h4-7,11-12H,1-3H3/b6-4-,9-7-,10-5+,11-8?. The molecule has 0 fully saturated rings. The minimum absolute atomic E-state index is 0.190. The third-order valence-electron chi connectivity index (χ3n) is 1.38. The van der Waals surface area contributed by atoms with Crippen LogP contribution in [0.5, 0.6) is 0 Å². The summed E-state index contributed by atoms with van der Waals surface area (Å²) >= 11 is 0. The molecule has 0 rings (SSSR count). The van der Waals surface area contributed by atoms with Crippen molar-refractivity contribution in [3.8, 4) is 0 Å². The molecule has 66 valence electrons. The average Bonchev–Trinajstić information content (AvgIpc) is 2.03. The zero-order valence-corrected chi connectivity index (χ0v) is 7.76. The molecule has 2 N–H and O–H groups in total. The first-order chi connectivity index (χ1) is 5.61. The van der Waals surface area contributed by atoms with Crippen molar-refractivity contribution >= 4 is 5.71 Å². The van der Waals surface area contributed by atoms with E-state index in [1.807, 2.05) is 13.0 Å². The van der Waals surface area contributed by atoms with Gasteiger partial charge in [-0.1, -0.05) is 12.2 Å². The minimum Gasteiger partial charge on any atom is -0.508 e. The molecule has 0 aliphatic rings. The highest BCUT2D eigenvalue weighted by Gasteiger charge is 1.95. The molecule has 0 aliphatic carbocycles. The lowest BCUT2D eigenvalue weighted by Gasteiger charge is -1.97. The fraction of sp³-hybridized carbons (Fsp3) is 0.300. The van der Waals surface area contributed by atoms with E-state index in [2.05, 4.69) is 0 Å². The minimum atomic E-state index is 0.190. The molecule has 0 aliphatic heterocycles. The van der Waals surface area contributed by atoms with Gasteiger partial charge in [-0.15, -0.1) is 0 Å². The number of hydrogen-bond acceptors (Lipinski definition) is 2. The van der Waals surface area contributed by atoms with Crippen molar-refractivity contribution in [1.29, 1.82) is 5.41 Å². The van der Waals surface area contributed by atoms with Crippen LogP contribution in [0.4, 0.5) is 0 Å². The zero-order valence-electron chi connectivity index (χ0n) is 7.76. The highest BCUT2D eigenvalue weighted by atomic mass is 16.3. The Morgan fingerprint density at radius 3 is 2.25 bits per heavy atom. The summed E-state index contributed by atoms with van der Waals surface area (Å²) in [6.07, 6.45) is 6.80. The van der Waals surface area contributed by atoms with Gasteiger partial charge in [0.05, 0.1) is 0 Å². The van der Waals surface area contributed by atoms with Crippen LogP contribution >= 0.6 is 0 Å². The summed E-state index contributed by atoms with van der Waals surface area (Å²) in [6, 6.07) is 0. The highest BCUT2D eigenvalue weighted by molar-refractivity contribution is 5.98. The van der Waals surface area contributed by atoms with E-state index in [1.165, 1.54) is 0 Å². The van der Waals surface area contributed by atoms with Crippen LogP contribution in [0, 0.1) is 5.41 Å². The van der Waals surface area contributed by atoms with Crippen molar-refractivity contribution in [1.82, 2.24) is 0 Å². The van der Waals surface area contributed by atoms with Crippen LogP contribution in [0.1, 0.15) is 20.8 Å². The van der Waals surface area contributed by atoms with Crippen molar-refractivity contribution in [2.75, 3.05) is 0 Å². The molecule has 0 saturated carbocycles. The summed E-state index contributed by atoms with van der Waals surface area (Å²) in [5.41, 5.74) is 1.18. The van der Waals surface area contributed by atoms with E-state index in [0.29, 0.717) is 5.71 Å². The third kappa shape index (κ3) is 3.76. The normalized spacial score (nSPS) is 13.9. The quantitative estimate of drug-likeness (QED) is 0.377. The molecule has 0 unspecified atom stereocenters. The van der Waals surface area contributed by atoms with Crippen LogP contribution in [0.25, 0.3) is 0 Å². The fourth-order valence-corrected chi connectivity index (χ4v) is 0.704. The van der Waals surface area contributed by atoms with E-state index in [0.717, 1.165) is 5.57 Å². The molecular formula is C10H15NO. The Balaban J connectivity index is 4.73. The van der Waals surface area contributed by atoms with Gasteiger partial charge in [0.25, 0.3) is 0 Å². The van der Waals surface area contributed by atoms with Gasteiger partial charge < -0.3 is 10.5 Å². The molecule has 0 bridgehead atoms. The summed E-state index contributed by atoms with van der Waals surface area (Å²) in [6.45, 7) is 5.32. The van der Waals surface area contributed by atoms with Crippen LogP contribution in [-0.4, -0.2) is 10.8 Å². The van der Waals surface area contributed by atoms with Gasteiger partial charge in [-0.2, -0.15) is 0 Å². The molecule has 0 amide bonds. The Morgan fingerprint density at radius 1 is 1.33 bits per heavy atom. The van der Waals surface area contributed by atoms with Crippen LogP contribution in [0.15, 0.2) is 35.6 Å². The van der Waals surface area contributed by atoms with Crippen molar-refractivity contribution in [2.24, 2.45) is 0 Å². The lowest BCUT2D eigenvalue weighted by Crippen LogP contribution is -1.92. The second-order valence-electron chi connectivity index (χ2n) is 2.44. The summed E-state index contributed by atoms with van der Waals surface area (Å²) in [5.74, 6) is 0.190. The summed E-state index contributed by atoms with van der Waals surface area (Å²) in [5, 5.41) is 16.5. The first-order valence-corrected chi connectivity index (χ1v) is 3.87. The van der Waals surface area contributed by atoms with Crippen LogP contribution in [-0.2, 0) is 0 Å². The van der Waals surface area contributed by atoms with E-state index in [9.17, 15) is 0 Å². The lowest BCUT2D eigenvalue weighted by atomic mass is 10.1. The molecule has 0 atom stereocenters. The van der Waals surface area contributed by atoms with E-state index in [-0.39, 0.29) is 5.76 Å². The van der Waals surface area contributed by atoms with Crippen LogP contribution < -0.4 is 0 Å². The van der Waals surface area contributed by atoms with Crippen LogP contribution in [0.2, 0.25) is 0 Å². The van der Waals surface area contributed by atoms with Crippen molar-refractivity contribution < 1.29 is 5.11 Å². The van der Waals surface area contributed by atoms with Gasteiger partial charge in [0.2, 0.25) is 0 Å². The maximum absolute atomic E-state index is 9.16. The molecular weight excluding hydrogens is 150 g/mol. The monoisotopic (exact) mass is 165 g/mol. The molecule has 0 aromatic rings. The van der Waals surface area contributed by atoms with Crippen LogP contribution in [0.3, 0.4) is 0 Å². The molecule has 0 heterocycles. The average molecular weight is 165 g/mol. The predicted molar refractivity (Wildman–Crippen MR) is 52.7 cm³/mol. The second kappa shape index (κ2) is 5.35. The Kier molecular flexibility index (Phi) is 4.77. The van der Waals surface area contributed by atoms with Gasteiger partial charge in [0, 0.05) is 5.71 Å². The van der Waals surface area contributed by atoms with Gasteiger partial charge in [0.1, 0.15) is 5.76 Å². The fourth-order valence-electron chi connectivity index (χ4n) is 0.704.